The summed E-state index contributed by atoms with van der Waals surface area (Å²) in [6, 6.07) is -8.29. The molecule has 0 saturated heterocycles. The number of carbonyl (C=O) groups is 19. The summed E-state index contributed by atoms with van der Waals surface area (Å²) in [5, 5.41) is 83.4. The molecule has 1 heterocycles. The standard InChI is InChI=1S/C81H124N22O23/c1-11-42(7)65(79(124)96-54(80(125)126)26-29-64(110)111)102-62(107)38-89-70(115)55(32-41(5)6)98-72(117)52(24-27-60(83)105)95-75(120)57(34-47-20-22-49(104)23-21-47)99-71(116)51(19-16-30-88-81(85)86)93-67(112)45(10)92-78(123)66(43(8)12-2)103-77(122)59(36-61(84)106)101-76(121)56(33-46-17-14-13-15-18-46)97-68(113)44(9)91-74(119)58(35-48-37-87-39-90-48)100-73(118)53(25-28-63(108)109)94-69(114)50(82)31-40(3)4/h13-15,17-18,20-23,37,39-45,50-59,65-66,104H,11-12,16,19,24-36,38,82H2,1-10H3,(H2,83,105)(H2,84,106)(H,87,90)(H,89,115)(H,91,119)(H,92,123)(H,93,112)(H,94,114)(H,95,120)(H,96,124)(H,97,113)(H,98,117)(H,99,116)(H,100,118)(H,101,121)(H,102,107)(H,103,122)(H,108,109)(H,110,111)(H,125,126)(H4,85,86,88)/t42-,43-,44-,45-,50-,51-,52-,53-,54-,55-,56-,57-,58-,59-,65-,66-/m0/s1. The van der Waals surface area contributed by atoms with Gasteiger partial charge < -0.3 is 128 Å². The van der Waals surface area contributed by atoms with Crippen LogP contribution in [-0.2, 0) is 110 Å². The number of aromatic hydroxyl groups is 1. The van der Waals surface area contributed by atoms with Crippen molar-refractivity contribution in [3.8, 4) is 5.75 Å². The third-order valence-electron chi connectivity index (χ3n) is 20.0. The molecule has 2 aromatic carbocycles. The number of hydrogen-bond donors (Lipinski definition) is 25. The lowest BCUT2D eigenvalue weighted by molar-refractivity contribution is -0.144. The number of nitrogens with two attached hydrogens (primary N) is 4. The van der Waals surface area contributed by atoms with Gasteiger partial charge >= 0.3 is 17.9 Å². The number of aromatic amines is 1. The fraction of sp³-hybridized carbons (Fsp3) is 0.568. The van der Waals surface area contributed by atoms with Gasteiger partial charge in [0.15, 0.2) is 5.96 Å². The Labute approximate surface area is 728 Å². The number of hydrogen-bond acceptors (Lipinski definition) is 23. The number of amides is 16. The van der Waals surface area contributed by atoms with E-state index < -0.39 is 273 Å². The molecule has 3 rings (SSSR count). The first-order chi connectivity index (χ1) is 59.2. The van der Waals surface area contributed by atoms with Gasteiger partial charge in [0.2, 0.25) is 94.5 Å². The van der Waals surface area contributed by atoms with Crippen molar-refractivity contribution in [1.82, 2.24) is 89.7 Å². The predicted octanol–water partition coefficient (Wildman–Crippen LogP) is -4.67. The number of carboxylic acids is 3. The Bertz CT molecular complexity index is 4230. The van der Waals surface area contributed by atoms with Gasteiger partial charge in [0, 0.05) is 51.3 Å². The number of H-pyrrole nitrogens is 1. The largest absolute Gasteiger partial charge is 0.508 e. The molecule has 696 valence electrons. The fourth-order valence-corrected chi connectivity index (χ4v) is 12.5. The van der Waals surface area contributed by atoms with Gasteiger partial charge in [-0.25, -0.2) is 9.78 Å². The van der Waals surface area contributed by atoms with E-state index in [-0.39, 0.29) is 81.2 Å². The van der Waals surface area contributed by atoms with Crippen molar-refractivity contribution in [2.75, 3.05) is 13.1 Å². The molecule has 45 nitrogen and oxygen atoms in total. The van der Waals surface area contributed by atoms with E-state index in [0.29, 0.717) is 11.1 Å². The first-order valence-corrected chi connectivity index (χ1v) is 41.3. The van der Waals surface area contributed by atoms with Gasteiger partial charge in [-0.05, 0) is 106 Å². The molecular weight excluding hydrogens is 1650 g/mol. The van der Waals surface area contributed by atoms with Crippen LogP contribution < -0.4 is 103 Å². The summed E-state index contributed by atoms with van der Waals surface area (Å²) >= 11 is 0. The Balaban J connectivity index is 1.95. The average molecular weight is 1770 g/mol. The number of imidazole rings is 1. The van der Waals surface area contributed by atoms with Crippen LogP contribution in [0.3, 0.4) is 0 Å². The van der Waals surface area contributed by atoms with Crippen LogP contribution in [0.25, 0.3) is 0 Å². The van der Waals surface area contributed by atoms with Crippen LogP contribution >= 0.6 is 0 Å². The summed E-state index contributed by atoms with van der Waals surface area (Å²) in [4.78, 5) is 265. The number of aliphatic carboxylic acids is 3. The van der Waals surface area contributed by atoms with Crippen molar-refractivity contribution in [2.24, 2.45) is 46.6 Å². The minimum Gasteiger partial charge on any atom is -0.508 e. The highest BCUT2D eigenvalue weighted by Gasteiger charge is 2.39. The third-order valence-corrected chi connectivity index (χ3v) is 20.0. The zero-order chi connectivity index (χ0) is 94.8. The Kier molecular flexibility index (Phi) is 46.0. The molecule has 0 aliphatic rings. The summed E-state index contributed by atoms with van der Waals surface area (Å²) in [5.41, 5.74) is 23.8. The number of carboxylic acid groups (broad SMARTS) is 3. The highest BCUT2D eigenvalue weighted by molar-refractivity contribution is 6.01. The molecule has 29 N–H and O–H groups in total. The Morgan fingerprint density at radius 1 is 0.421 bits per heavy atom. The minimum atomic E-state index is -1.87. The zero-order valence-electron chi connectivity index (χ0n) is 72.3. The zero-order valence-corrected chi connectivity index (χ0v) is 72.3. The molecule has 16 atom stereocenters. The van der Waals surface area contributed by atoms with Crippen LogP contribution in [0.15, 0.2) is 67.1 Å². The summed E-state index contributed by atoms with van der Waals surface area (Å²) < 4.78 is 0. The average Bonchev–Trinajstić information content (AvgIpc) is 0.928. The fourth-order valence-electron chi connectivity index (χ4n) is 12.5. The molecule has 0 bridgehead atoms. The number of phenolic OH excluding ortho intramolecular Hbond substituents is 1. The topological polar surface area (TPSA) is 742 Å². The number of rotatable bonds is 58. The van der Waals surface area contributed by atoms with Gasteiger partial charge in [0.05, 0.1) is 31.0 Å². The lowest BCUT2D eigenvalue weighted by Gasteiger charge is -2.29. The molecule has 0 unspecified atom stereocenters. The lowest BCUT2D eigenvalue weighted by Crippen LogP contribution is -2.61. The van der Waals surface area contributed by atoms with Crippen molar-refractivity contribution < 1.29 is 112 Å². The molecule has 0 saturated carbocycles. The summed E-state index contributed by atoms with van der Waals surface area (Å²) in [7, 11) is 0. The van der Waals surface area contributed by atoms with Gasteiger partial charge in [-0.15, -0.1) is 0 Å². The smallest absolute Gasteiger partial charge is 0.326 e. The van der Waals surface area contributed by atoms with Crippen LogP contribution in [0.5, 0.6) is 5.75 Å². The Morgan fingerprint density at radius 2 is 0.833 bits per heavy atom. The SMILES string of the molecule is CC[C@H](C)[C@H](NC(=O)CNC(=O)[C@H](CC(C)C)NC(=O)[C@H](CCC(N)=O)NC(=O)[C@H](Cc1ccc(O)cc1)NC(=O)[C@H](CCCNC(=N)N)NC(=O)[C@H](C)NC(=O)[C@@H](NC(=O)[C@H](CC(N)=O)NC(=O)[C@H](Cc1ccccc1)NC(=O)[C@H](C)NC(=O)[C@H](Cc1c[nH]cn1)NC(=O)[C@H](CCC(=O)O)NC(=O)[C@@H](N)CC(C)C)[C@@H](C)CC)C(=O)N[C@@H](CCC(=O)O)C(=O)O. The maximum absolute atomic E-state index is 14.8. The van der Waals surface area contributed by atoms with E-state index in [2.05, 4.69) is 89.7 Å². The number of aromatic nitrogens is 2. The second-order valence-electron chi connectivity index (χ2n) is 31.6. The first-order valence-electron chi connectivity index (χ1n) is 41.3. The second-order valence-corrected chi connectivity index (χ2v) is 31.6. The van der Waals surface area contributed by atoms with E-state index in [1.807, 2.05) is 13.8 Å². The normalized spacial score (nSPS) is 14.9. The molecule has 3 aromatic rings. The van der Waals surface area contributed by atoms with Crippen molar-refractivity contribution >= 4 is 118 Å². The molecule has 0 radical (unpaired) electrons. The molecule has 0 fully saturated rings. The van der Waals surface area contributed by atoms with E-state index >= 15 is 0 Å². The summed E-state index contributed by atoms with van der Waals surface area (Å²) in [5.74, 6) is -22.7. The quantitative estimate of drug-likeness (QED) is 0.0143. The van der Waals surface area contributed by atoms with Crippen molar-refractivity contribution in [2.45, 2.75) is 257 Å². The Morgan fingerprint density at radius 3 is 1.32 bits per heavy atom. The highest BCUT2D eigenvalue weighted by Crippen LogP contribution is 2.18. The number of benzene rings is 2. The van der Waals surface area contributed by atoms with E-state index in [1.165, 1.54) is 50.6 Å². The monoisotopic (exact) mass is 1770 g/mol. The van der Waals surface area contributed by atoms with Crippen LogP contribution in [0.4, 0.5) is 0 Å². The minimum absolute atomic E-state index is 0.0131. The third kappa shape index (κ3) is 39.9. The van der Waals surface area contributed by atoms with Crippen molar-refractivity contribution in [3.63, 3.8) is 0 Å². The van der Waals surface area contributed by atoms with Crippen LogP contribution in [0.2, 0.25) is 0 Å². The molecule has 0 aliphatic carbocycles. The van der Waals surface area contributed by atoms with Crippen LogP contribution in [0.1, 0.15) is 170 Å². The predicted molar refractivity (Wildman–Crippen MR) is 452 cm³/mol. The molecule has 45 heteroatoms. The van der Waals surface area contributed by atoms with E-state index in [0.717, 1.165) is 0 Å². The molecule has 126 heavy (non-hydrogen) atoms. The van der Waals surface area contributed by atoms with Crippen molar-refractivity contribution in [1.29, 1.82) is 5.41 Å². The number of nitrogens with zero attached hydrogens (tertiary/aromatic N) is 1. The molecule has 0 spiro atoms. The Hall–Kier alpha value is -13.4. The number of nitrogens with one attached hydrogen (secondary N) is 17. The highest BCUT2D eigenvalue weighted by atomic mass is 16.4. The number of phenols is 1. The van der Waals surface area contributed by atoms with E-state index in [4.69, 9.17) is 33.5 Å². The van der Waals surface area contributed by atoms with Gasteiger partial charge in [0.25, 0.3) is 0 Å². The van der Waals surface area contributed by atoms with Gasteiger partial charge in [-0.1, -0.05) is 111 Å². The maximum atomic E-state index is 14.8. The molecule has 16 amide bonds. The number of carbonyl (C=O) groups excluding carboxylic acids is 16. The number of guanidine groups is 1. The van der Waals surface area contributed by atoms with E-state index in [9.17, 15) is 106 Å². The molecular formula is C81H124N22O23. The maximum Gasteiger partial charge on any atom is 0.326 e. The lowest BCUT2D eigenvalue weighted by atomic mass is 9.97. The van der Waals surface area contributed by atoms with Gasteiger partial charge in [-0.3, -0.25) is 91.7 Å². The summed E-state index contributed by atoms with van der Waals surface area (Å²) in [6.45, 7) is 15.0. The van der Waals surface area contributed by atoms with Gasteiger partial charge in [-0.2, -0.15) is 0 Å². The first kappa shape index (κ1) is 107. The molecule has 1 aromatic heterocycles. The van der Waals surface area contributed by atoms with E-state index in [1.54, 1.807) is 71.9 Å². The summed E-state index contributed by atoms with van der Waals surface area (Å²) in [6.07, 6.45) is -1.99. The van der Waals surface area contributed by atoms with Gasteiger partial charge in [0.1, 0.15) is 84.3 Å². The number of primary amides is 2. The van der Waals surface area contributed by atoms with Crippen LogP contribution in [0, 0.1) is 29.1 Å². The second kappa shape index (κ2) is 54.3. The van der Waals surface area contributed by atoms with Crippen molar-refractivity contribution in [3.05, 3.63) is 83.9 Å². The molecule has 0 aliphatic heterocycles. The van der Waals surface area contributed by atoms with Crippen LogP contribution in [-0.4, -0.2) is 246 Å².